The summed E-state index contributed by atoms with van der Waals surface area (Å²) in [7, 11) is 0. The Balaban J connectivity index is 1.80. The number of nitrogens with zero attached hydrogens (tertiary/aromatic N) is 2. The third-order valence-corrected chi connectivity index (χ3v) is 3.98. The van der Waals surface area contributed by atoms with Gasteiger partial charge >= 0.3 is 0 Å². The molecule has 7 nitrogen and oxygen atoms in total. The Morgan fingerprint density at radius 2 is 1.22 bits per heavy atom. The Kier molecular flexibility index (Phi) is 4.63. The zero-order chi connectivity index (χ0) is 18.6. The van der Waals surface area contributed by atoms with Crippen molar-refractivity contribution in [3.8, 4) is 0 Å². The van der Waals surface area contributed by atoms with Crippen LogP contribution in [-0.2, 0) is 0 Å². The average Bonchev–Trinajstić information content (AvgIpc) is 2.69. The van der Waals surface area contributed by atoms with Gasteiger partial charge in [-0.3, -0.25) is 0 Å². The minimum absolute atomic E-state index is 0.172. The Morgan fingerprint density at radius 1 is 0.704 bits per heavy atom. The third kappa shape index (κ3) is 3.85. The maximum absolute atomic E-state index is 11.3. The monoisotopic (exact) mass is 359 g/mol. The molecule has 0 aliphatic rings. The number of aromatic nitrogens is 2. The van der Waals surface area contributed by atoms with Gasteiger partial charge in [-0.1, -0.05) is 36.4 Å². The van der Waals surface area contributed by atoms with Crippen LogP contribution in [-0.4, -0.2) is 15.2 Å². The SMILES string of the molecule is [O-][NH+](O)c1ccc2nc(Nc3ccccc3)c(Nc3ccccc3)nc2c1. The molecule has 4 N–H and O–H groups in total. The first-order chi connectivity index (χ1) is 13.2. The van der Waals surface area contributed by atoms with Crippen molar-refractivity contribution in [2.45, 2.75) is 0 Å². The molecule has 1 heterocycles. The summed E-state index contributed by atoms with van der Waals surface area (Å²) in [5.74, 6) is 1.07. The number of para-hydroxylation sites is 2. The first-order valence-corrected chi connectivity index (χ1v) is 8.38. The predicted octanol–water partition coefficient (Wildman–Crippen LogP) is 3.52. The molecule has 0 aliphatic carbocycles. The fraction of sp³-hybridized carbons (Fsp3) is 0. The Hall–Kier alpha value is -3.52. The van der Waals surface area contributed by atoms with Crippen molar-refractivity contribution >= 4 is 39.7 Å². The van der Waals surface area contributed by atoms with Crippen molar-refractivity contribution in [2.75, 3.05) is 10.6 Å². The van der Waals surface area contributed by atoms with Crippen molar-refractivity contribution in [1.29, 1.82) is 0 Å². The van der Waals surface area contributed by atoms with Crippen LogP contribution in [0.5, 0.6) is 0 Å². The van der Waals surface area contributed by atoms with E-state index in [2.05, 4.69) is 20.6 Å². The van der Waals surface area contributed by atoms with Crippen molar-refractivity contribution < 1.29 is 10.4 Å². The van der Waals surface area contributed by atoms with Gasteiger partial charge in [0, 0.05) is 23.5 Å². The Morgan fingerprint density at radius 3 is 1.74 bits per heavy atom. The quantitative estimate of drug-likeness (QED) is 0.407. The van der Waals surface area contributed by atoms with E-state index in [1.54, 1.807) is 6.07 Å². The molecule has 0 spiro atoms. The summed E-state index contributed by atoms with van der Waals surface area (Å²) in [5.41, 5.74) is 3.02. The number of fused-ring (bicyclic) bond motifs is 1. The summed E-state index contributed by atoms with van der Waals surface area (Å²) in [6.07, 6.45) is 0. The van der Waals surface area contributed by atoms with Crippen LogP contribution in [0.4, 0.5) is 28.7 Å². The number of benzene rings is 3. The summed E-state index contributed by atoms with van der Waals surface area (Å²) < 4.78 is 0. The van der Waals surface area contributed by atoms with E-state index in [4.69, 9.17) is 0 Å². The number of nitrogens with one attached hydrogen (secondary N) is 3. The molecule has 4 aromatic rings. The number of hydrogen-bond acceptors (Lipinski definition) is 6. The van der Waals surface area contributed by atoms with Crippen molar-refractivity contribution in [1.82, 2.24) is 9.97 Å². The van der Waals surface area contributed by atoms with E-state index >= 15 is 0 Å². The minimum atomic E-state index is -0.997. The summed E-state index contributed by atoms with van der Waals surface area (Å²) in [6, 6.07) is 24.0. The lowest BCUT2D eigenvalue weighted by Crippen LogP contribution is -2.99. The second-order valence-electron chi connectivity index (χ2n) is 5.91. The van der Waals surface area contributed by atoms with Crippen LogP contribution in [0.1, 0.15) is 0 Å². The van der Waals surface area contributed by atoms with E-state index in [1.807, 2.05) is 60.7 Å². The molecule has 27 heavy (non-hydrogen) atoms. The maximum Gasteiger partial charge on any atom is 0.174 e. The fourth-order valence-electron chi connectivity index (χ4n) is 2.68. The van der Waals surface area contributed by atoms with Crippen LogP contribution in [0, 0.1) is 5.21 Å². The van der Waals surface area contributed by atoms with Gasteiger partial charge in [-0.15, -0.1) is 0 Å². The van der Waals surface area contributed by atoms with Gasteiger partial charge in [0.2, 0.25) is 0 Å². The third-order valence-electron chi connectivity index (χ3n) is 3.98. The molecule has 7 heteroatoms. The molecule has 0 saturated carbocycles. The highest BCUT2D eigenvalue weighted by atomic mass is 16.8. The lowest BCUT2D eigenvalue weighted by molar-refractivity contribution is -0.991. The van der Waals surface area contributed by atoms with E-state index in [0.29, 0.717) is 22.7 Å². The van der Waals surface area contributed by atoms with Crippen LogP contribution >= 0.6 is 0 Å². The molecule has 0 amide bonds. The molecule has 1 aromatic heterocycles. The number of quaternary nitrogens is 1. The topological polar surface area (TPSA) is 97.6 Å². The number of anilines is 4. The second kappa shape index (κ2) is 7.38. The second-order valence-corrected chi connectivity index (χ2v) is 5.91. The summed E-state index contributed by atoms with van der Waals surface area (Å²) in [5, 5.41) is 26.0. The molecule has 0 radical (unpaired) electrons. The Bertz CT molecular complexity index is 1060. The molecule has 3 aromatic carbocycles. The number of hydrogen-bond donors (Lipinski definition) is 4. The molecule has 134 valence electrons. The maximum atomic E-state index is 11.3. The minimum Gasteiger partial charge on any atom is -0.595 e. The van der Waals surface area contributed by atoms with Crippen LogP contribution in [0.15, 0.2) is 78.9 Å². The van der Waals surface area contributed by atoms with E-state index in [1.165, 1.54) is 12.1 Å². The van der Waals surface area contributed by atoms with Crippen LogP contribution in [0.25, 0.3) is 11.0 Å². The largest absolute Gasteiger partial charge is 0.595 e. The van der Waals surface area contributed by atoms with Gasteiger partial charge in [-0.25, -0.2) is 15.2 Å². The van der Waals surface area contributed by atoms with E-state index in [-0.39, 0.29) is 5.69 Å². The zero-order valence-corrected chi connectivity index (χ0v) is 14.3. The predicted molar refractivity (Wildman–Crippen MR) is 105 cm³/mol. The average molecular weight is 359 g/mol. The molecule has 1 atom stereocenters. The normalized spacial score (nSPS) is 11.9. The zero-order valence-electron chi connectivity index (χ0n) is 14.3. The highest BCUT2D eigenvalue weighted by Crippen LogP contribution is 2.28. The molecular weight excluding hydrogens is 342 g/mol. The van der Waals surface area contributed by atoms with Crippen LogP contribution in [0.2, 0.25) is 0 Å². The first kappa shape index (κ1) is 16.9. The van der Waals surface area contributed by atoms with Crippen molar-refractivity contribution in [3.63, 3.8) is 0 Å². The molecule has 0 saturated heterocycles. The smallest absolute Gasteiger partial charge is 0.174 e. The van der Waals surface area contributed by atoms with Gasteiger partial charge in [0.25, 0.3) is 0 Å². The standard InChI is InChI=1S/C20H17N5O2/c26-25(27)16-11-12-17-18(13-16)24-20(22-15-9-5-2-6-10-15)19(23-17)21-14-7-3-1-4-8-14/h1-13,25-26H,(H,21,23)(H,22,24). The van der Waals surface area contributed by atoms with Gasteiger partial charge in [-0.2, -0.15) is 5.23 Å². The lowest BCUT2D eigenvalue weighted by Gasteiger charge is -2.15. The number of rotatable bonds is 5. The summed E-state index contributed by atoms with van der Waals surface area (Å²) in [6.45, 7) is 0. The summed E-state index contributed by atoms with van der Waals surface area (Å²) >= 11 is 0. The molecule has 4 rings (SSSR count). The fourth-order valence-corrected chi connectivity index (χ4v) is 2.68. The first-order valence-electron chi connectivity index (χ1n) is 8.38. The van der Waals surface area contributed by atoms with Gasteiger partial charge in [-0.05, 0) is 30.3 Å². The molecular formula is C20H17N5O2. The van der Waals surface area contributed by atoms with Crippen LogP contribution in [0.3, 0.4) is 0 Å². The molecule has 1 unspecified atom stereocenters. The van der Waals surface area contributed by atoms with Gasteiger partial charge in [0.15, 0.2) is 17.3 Å². The molecule has 0 fully saturated rings. The Labute approximate surface area is 155 Å². The highest BCUT2D eigenvalue weighted by Gasteiger charge is 2.12. The van der Waals surface area contributed by atoms with E-state index in [9.17, 15) is 10.4 Å². The van der Waals surface area contributed by atoms with E-state index < -0.39 is 5.23 Å². The lowest BCUT2D eigenvalue weighted by atomic mass is 10.2. The van der Waals surface area contributed by atoms with Gasteiger partial charge in [0.05, 0.1) is 11.0 Å². The highest BCUT2D eigenvalue weighted by molar-refractivity contribution is 5.84. The van der Waals surface area contributed by atoms with E-state index in [0.717, 1.165) is 11.4 Å². The summed E-state index contributed by atoms with van der Waals surface area (Å²) in [4.78, 5) is 9.25. The van der Waals surface area contributed by atoms with Gasteiger partial charge < -0.3 is 15.8 Å². The van der Waals surface area contributed by atoms with Crippen molar-refractivity contribution in [3.05, 3.63) is 84.1 Å². The molecule has 0 aliphatic heterocycles. The molecule has 0 bridgehead atoms. The van der Waals surface area contributed by atoms with Crippen LogP contribution < -0.4 is 15.9 Å². The van der Waals surface area contributed by atoms with Crippen molar-refractivity contribution in [2.24, 2.45) is 0 Å². The van der Waals surface area contributed by atoms with Gasteiger partial charge in [0.1, 0.15) is 0 Å².